The molecular weight excluding hydrogens is 330 g/mol. The number of carbonyl (C=O) groups excluding carboxylic acids is 1. The van der Waals surface area contributed by atoms with Crippen molar-refractivity contribution in [2.75, 3.05) is 13.3 Å². The summed E-state index contributed by atoms with van der Waals surface area (Å²) in [6.07, 6.45) is 0.164. The van der Waals surface area contributed by atoms with Crippen molar-refractivity contribution < 1.29 is 19.4 Å². The summed E-state index contributed by atoms with van der Waals surface area (Å²) in [7, 11) is 0. The van der Waals surface area contributed by atoms with Gasteiger partial charge in [-0.15, -0.1) is 0 Å². The van der Waals surface area contributed by atoms with Gasteiger partial charge in [0.15, 0.2) is 11.5 Å². The van der Waals surface area contributed by atoms with Gasteiger partial charge in [0.1, 0.15) is 5.60 Å². The lowest BCUT2D eigenvalue weighted by atomic mass is 9.95. The van der Waals surface area contributed by atoms with Gasteiger partial charge in [-0.25, -0.2) is 0 Å². The van der Waals surface area contributed by atoms with Crippen LogP contribution < -0.4 is 14.8 Å². The third-order valence-corrected chi connectivity index (χ3v) is 4.30. The van der Waals surface area contributed by atoms with Crippen LogP contribution in [0.3, 0.4) is 0 Å². The molecule has 1 heterocycles. The predicted octanol–water partition coefficient (Wildman–Crippen LogP) is 2.64. The average Bonchev–Trinajstić information content (AvgIpc) is 3.03. The number of ether oxygens (including phenoxy) is 2. The number of benzene rings is 2. The largest absolute Gasteiger partial charge is 0.454 e. The number of hydrogen-bond acceptors (Lipinski definition) is 4. The SMILES string of the molecule is C[C@](O)(CNC(=O)Cc1ccccc1Cl)c1ccc2c(c1)OCO2. The standard InChI is InChI=1S/C18H18ClNO4/c1-18(22,13-6-7-15-16(9-13)24-11-23-15)10-20-17(21)8-12-4-2-3-5-14(12)19/h2-7,9,22H,8,10-11H2,1H3,(H,20,21)/t18-/m0/s1. The highest BCUT2D eigenvalue weighted by Gasteiger charge is 2.26. The first-order valence-corrected chi connectivity index (χ1v) is 7.96. The summed E-state index contributed by atoms with van der Waals surface area (Å²) in [5, 5.41) is 13.9. The molecule has 6 heteroatoms. The van der Waals surface area contributed by atoms with Crippen molar-refractivity contribution in [3.63, 3.8) is 0 Å². The molecule has 2 aromatic rings. The fourth-order valence-electron chi connectivity index (χ4n) is 2.48. The van der Waals surface area contributed by atoms with E-state index in [1.54, 1.807) is 37.3 Å². The molecule has 1 aliphatic rings. The van der Waals surface area contributed by atoms with Crippen LogP contribution in [-0.4, -0.2) is 24.4 Å². The molecule has 1 atom stereocenters. The van der Waals surface area contributed by atoms with Gasteiger partial charge in [-0.05, 0) is 36.2 Å². The van der Waals surface area contributed by atoms with E-state index >= 15 is 0 Å². The molecule has 5 nitrogen and oxygen atoms in total. The second-order valence-electron chi connectivity index (χ2n) is 5.89. The van der Waals surface area contributed by atoms with Gasteiger partial charge in [0.2, 0.25) is 12.7 Å². The number of aliphatic hydroxyl groups is 1. The van der Waals surface area contributed by atoms with Crippen LogP contribution >= 0.6 is 11.6 Å². The minimum absolute atomic E-state index is 0.0793. The highest BCUT2D eigenvalue weighted by molar-refractivity contribution is 6.31. The normalized spacial score (nSPS) is 15.0. The Balaban J connectivity index is 1.62. The van der Waals surface area contributed by atoms with Gasteiger partial charge in [-0.3, -0.25) is 4.79 Å². The number of hydrogen-bond donors (Lipinski definition) is 2. The van der Waals surface area contributed by atoms with Crippen LogP contribution in [0.1, 0.15) is 18.1 Å². The Morgan fingerprint density at radius 3 is 2.79 bits per heavy atom. The van der Waals surface area contributed by atoms with E-state index in [4.69, 9.17) is 21.1 Å². The molecule has 0 aromatic heterocycles. The molecule has 1 aliphatic heterocycles. The molecule has 0 radical (unpaired) electrons. The van der Waals surface area contributed by atoms with Gasteiger partial charge in [0.25, 0.3) is 0 Å². The number of nitrogens with one attached hydrogen (secondary N) is 1. The van der Waals surface area contributed by atoms with Gasteiger partial charge in [0.05, 0.1) is 13.0 Å². The maximum Gasteiger partial charge on any atom is 0.231 e. The van der Waals surface area contributed by atoms with Crippen molar-refractivity contribution in [1.82, 2.24) is 5.32 Å². The summed E-state index contributed by atoms with van der Waals surface area (Å²) < 4.78 is 10.6. The number of carbonyl (C=O) groups is 1. The minimum Gasteiger partial charge on any atom is -0.454 e. The van der Waals surface area contributed by atoms with E-state index in [0.29, 0.717) is 22.1 Å². The van der Waals surface area contributed by atoms with Crippen molar-refractivity contribution in [3.05, 3.63) is 58.6 Å². The molecule has 0 bridgehead atoms. The van der Waals surface area contributed by atoms with Crippen LogP contribution in [0.25, 0.3) is 0 Å². The van der Waals surface area contributed by atoms with Crippen molar-refractivity contribution in [1.29, 1.82) is 0 Å². The lowest BCUT2D eigenvalue weighted by Gasteiger charge is -2.24. The van der Waals surface area contributed by atoms with Crippen molar-refractivity contribution in [2.24, 2.45) is 0 Å². The lowest BCUT2D eigenvalue weighted by molar-refractivity contribution is -0.121. The van der Waals surface area contributed by atoms with Gasteiger partial charge >= 0.3 is 0 Å². The van der Waals surface area contributed by atoms with Crippen LogP contribution in [0.2, 0.25) is 5.02 Å². The third kappa shape index (κ3) is 3.63. The Kier molecular flexibility index (Phi) is 4.64. The molecule has 0 fully saturated rings. The van der Waals surface area contributed by atoms with E-state index in [9.17, 15) is 9.90 Å². The van der Waals surface area contributed by atoms with Gasteiger partial charge in [-0.2, -0.15) is 0 Å². The van der Waals surface area contributed by atoms with Crippen LogP contribution in [-0.2, 0) is 16.8 Å². The number of amides is 1. The molecule has 0 aliphatic carbocycles. The molecule has 24 heavy (non-hydrogen) atoms. The molecule has 0 saturated heterocycles. The summed E-state index contributed by atoms with van der Waals surface area (Å²) in [5.41, 5.74) is 0.168. The minimum atomic E-state index is -1.23. The fourth-order valence-corrected chi connectivity index (χ4v) is 2.68. The first-order valence-electron chi connectivity index (χ1n) is 7.58. The Labute approximate surface area is 145 Å². The highest BCUT2D eigenvalue weighted by Crippen LogP contribution is 2.35. The summed E-state index contributed by atoms with van der Waals surface area (Å²) in [5.74, 6) is 1.04. The maximum absolute atomic E-state index is 12.1. The maximum atomic E-state index is 12.1. The van der Waals surface area contributed by atoms with E-state index in [1.165, 1.54) is 0 Å². The van der Waals surface area contributed by atoms with Crippen LogP contribution in [0.5, 0.6) is 11.5 Å². The molecule has 2 aromatic carbocycles. The summed E-state index contributed by atoms with van der Waals surface area (Å²) in [4.78, 5) is 12.1. The molecule has 0 spiro atoms. The number of halogens is 1. The number of rotatable bonds is 5. The molecular formula is C18H18ClNO4. The molecule has 3 rings (SSSR count). The predicted molar refractivity (Wildman–Crippen MR) is 90.3 cm³/mol. The molecule has 1 amide bonds. The Hall–Kier alpha value is -2.24. The van der Waals surface area contributed by atoms with E-state index in [2.05, 4.69) is 5.32 Å². The van der Waals surface area contributed by atoms with E-state index in [1.807, 2.05) is 12.1 Å². The Morgan fingerprint density at radius 1 is 1.25 bits per heavy atom. The van der Waals surface area contributed by atoms with Gasteiger partial charge in [0, 0.05) is 5.02 Å². The van der Waals surface area contributed by atoms with Crippen molar-refractivity contribution in [3.8, 4) is 11.5 Å². The van der Waals surface area contributed by atoms with Crippen molar-refractivity contribution in [2.45, 2.75) is 18.9 Å². The van der Waals surface area contributed by atoms with Gasteiger partial charge in [-0.1, -0.05) is 35.9 Å². The monoisotopic (exact) mass is 347 g/mol. The van der Waals surface area contributed by atoms with E-state index < -0.39 is 5.60 Å². The smallest absolute Gasteiger partial charge is 0.231 e. The zero-order valence-electron chi connectivity index (χ0n) is 13.2. The molecule has 2 N–H and O–H groups in total. The Morgan fingerprint density at radius 2 is 2.00 bits per heavy atom. The highest BCUT2D eigenvalue weighted by atomic mass is 35.5. The Bertz CT molecular complexity index is 760. The molecule has 0 unspecified atom stereocenters. The molecule has 126 valence electrons. The van der Waals surface area contributed by atoms with Crippen LogP contribution in [0.15, 0.2) is 42.5 Å². The fraction of sp³-hybridized carbons (Fsp3) is 0.278. The van der Waals surface area contributed by atoms with Crippen LogP contribution in [0.4, 0.5) is 0 Å². The third-order valence-electron chi connectivity index (χ3n) is 3.93. The quantitative estimate of drug-likeness (QED) is 0.872. The van der Waals surface area contributed by atoms with Crippen LogP contribution in [0, 0.1) is 0 Å². The van der Waals surface area contributed by atoms with E-state index in [-0.39, 0.29) is 25.7 Å². The second kappa shape index (κ2) is 6.71. The second-order valence-corrected chi connectivity index (χ2v) is 6.29. The summed E-state index contributed by atoms with van der Waals surface area (Å²) in [6.45, 7) is 1.89. The number of fused-ring (bicyclic) bond motifs is 1. The zero-order valence-corrected chi connectivity index (χ0v) is 14.0. The topological polar surface area (TPSA) is 67.8 Å². The zero-order chi connectivity index (χ0) is 17.2. The summed E-state index contributed by atoms with van der Waals surface area (Å²) in [6, 6.07) is 12.4. The van der Waals surface area contributed by atoms with Crippen molar-refractivity contribution >= 4 is 17.5 Å². The van der Waals surface area contributed by atoms with E-state index in [0.717, 1.165) is 5.56 Å². The first kappa shape index (κ1) is 16.6. The molecule has 0 saturated carbocycles. The summed E-state index contributed by atoms with van der Waals surface area (Å²) >= 11 is 6.05. The average molecular weight is 348 g/mol. The van der Waals surface area contributed by atoms with Gasteiger partial charge < -0.3 is 19.9 Å². The lowest BCUT2D eigenvalue weighted by Crippen LogP contribution is -2.39. The first-order chi connectivity index (χ1) is 11.5.